The molecule has 0 aromatic heterocycles. The normalized spacial score (nSPS) is 12.5. The van der Waals surface area contributed by atoms with Crippen LogP contribution in [0.3, 0.4) is 0 Å². The molecule has 78 valence electrons. The molecule has 0 rings (SSSR count). The third kappa shape index (κ3) is 7.74. The molecule has 1 unspecified atom stereocenters. The Morgan fingerprint density at radius 2 is 2.08 bits per heavy atom. The Labute approximate surface area is 79.6 Å². The zero-order chi connectivity index (χ0) is 10.1. The number of unbranched alkanes of at least 4 members (excludes halogenated alkanes) is 2. The lowest BCUT2D eigenvalue weighted by Crippen LogP contribution is -2.29. The number of esters is 1. The Bertz CT molecular complexity index is 140. The molecule has 4 heteroatoms. The highest BCUT2D eigenvalue weighted by molar-refractivity contribution is 5.68. The third-order valence-corrected chi connectivity index (χ3v) is 1.99. The first-order valence-corrected chi connectivity index (χ1v) is 4.73. The van der Waals surface area contributed by atoms with E-state index in [1.807, 2.05) is 0 Å². The van der Waals surface area contributed by atoms with Gasteiger partial charge in [-0.05, 0) is 12.8 Å². The maximum atomic E-state index is 10.7. The number of carbonyl (C=O) groups excluding carboxylic acids is 1. The molecule has 0 aromatic carbocycles. The molecule has 4 nitrogen and oxygen atoms in total. The molecule has 0 aliphatic carbocycles. The largest absolute Gasteiger partial charge is 0.469 e. The SMILES string of the molecule is COC(=O)CCCCCC(N)CN. The molecule has 0 aromatic rings. The molecule has 4 N–H and O–H groups in total. The van der Waals surface area contributed by atoms with E-state index in [2.05, 4.69) is 4.74 Å². The molecular formula is C9H20N2O2. The first-order chi connectivity index (χ1) is 6.20. The standard InChI is InChI=1S/C9H20N2O2/c1-13-9(12)6-4-2-3-5-8(11)7-10/h8H,2-7,10-11H2,1H3. The van der Waals surface area contributed by atoms with E-state index in [9.17, 15) is 4.79 Å². The number of hydrogen-bond acceptors (Lipinski definition) is 4. The van der Waals surface area contributed by atoms with Crippen molar-refractivity contribution >= 4 is 5.97 Å². The lowest BCUT2D eigenvalue weighted by Gasteiger charge is -2.07. The van der Waals surface area contributed by atoms with Crippen molar-refractivity contribution in [3.8, 4) is 0 Å². The smallest absolute Gasteiger partial charge is 0.305 e. The number of hydrogen-bond donors (Lipinski definition) is 2. The van der Waals surface area contributed by atoms with E-state index in [4.69, 9.17) is 11.5 Å². The molecule has 0 fully saturated rings. The Kier molecular flexibility index (Phi) is 7.63. The van der Waals surface area contributed by atoms with Crippen LogP contribution in [0.5, 0.6) is 0 Å². The summed E-state index contributed by atoms with van der Waals surface area (Å²) in [7, 11) is 1.41. The van der Waals surface area contributed by atoms with E-state index < -0.39 is 0 Å². The summed E-state index contributed by atoms with van der Waals surface area (Å²) < 4.78 is 4.52. The summed E-state index contributed by atoms with van der Waals surface area (Å²) >= 11 is 0. The van der Waals surface area contributed by atoms with Crippen LogP contribution in [0.1, 0.15) is 32.1 Å². The molecule has 0 radical (unpaired) electrons. The Morgan fingerprint density at radius 3 is 2.62 bits per heavy atom. The molecule has 1 atom stereocenters. The van der Waals surface area contributed by atoms with Crippen molar-refractivity contribution in [1.82, 2.24) is 0 Å². The molecular weight excluding hydrogens is 168 g/mol. The van der Waals surface area contributed by atoms with Crippen molar-refractivity contribution in [2.24, 2.45) is 11.5 Å². The van der Waals surface area contributed by atoms with E-state index in [0.717, 1.165) is 25.7 Å². The molecule has 0 aliphatic rings. The first-order valence-electron chi connectivity index (χ1n) is 4.73. The van der Waals surface area contributed by atoms with Gasteiger partial charge in [0.05, 0.1) is 7.11 Å². The van der Waals surface area contributed by atoms with Gasteiger partial charge in [-0.2, -0.15) is 0 Å². The van der Waals surface area contributed by atoms with Crippen LogP contribution in [0.2, 0.25) is 0 Å². The maximum Gasteiger partial charge on any atom is 0.305 e. The number of rotatable bonds is 7. The van der Waals surface area contributed by atoms with E-state index in [1.54, 1.807) is 0 Å². The molecule has 0 aliphatic heterocycles. The topological polar surface area (TPSA) is 78.3 Å². The highest BCUT2D eigenvalue weighted by Gasteiger charge is 2.01. The second kappa shape index (κ2) is 8.01. The average Bonchev–Trinajstić information content (AvgIpc) is 2.16. The first kappa shape index (κ1) is 12.4. The molecule has 13 heavy (non-hydrogen) atoms. The quantitative estimate of drug-likeness (QED) is 0.447. The van der Waals surface area contributed by atoms with Crippen LogP contribution in [-0.2, 0) is 9.53 Å². The summed E-state index contributed by atoms with van der Waals surface area (Å²) in [6.45, 7) is 0.539. The van der Waals surface area contributed by atoms with Crippen molar-refractivity contribution < 1.29 is 9.53 Å². The maximum absolute atomic E-state index is 10.7. The van der Waals surface area contributed by atoms with Crippen molar-refractivity contribution in [2.45, 2.75) is 38.1 Å². The lowest BCUT2D eigenvalue weighted by atomic mass is 10.1. The van der Waals surface area contributed by atoms with Crippen LogP contribution in [0.4, 0.5) is 0 Å². The van der Waals surface area contributed by atoms with Crippen LogP contribution in [0.25, 0.3) is 0 Å². The Hall–Kier alpha value is -0.610. The summed E-state index contributed by atoms with van der Waals surface area (Å²) in [4.78, 5) is 10.7. The van der Waals surface area contributed by atoms with Crippen LogP contribution >= 0.6 is 0 Å². The zero-order valence-electron chi connectivity index (χ0n) is 8.29. The summed E-state index contributed by atoms with van der Waals surface area (Å²) in [5, 5.41) is 0. The molecule has 0 amide bonds. The third-order valence-electron chi connectivity index (χ3n) is 1.99. The van der Waals surface area contributed by atoms with Gasteiger partial charge in [0.15, 0.2) is 0 Å². The number of ether oxygens (including phenoxy) is 1. The van der Waals surface area contributed by atoms with Gasteiger partial charge >= 0.3 is 5.97 Å². The molecule has 0 saturated carbocycles. The average molecular weight is 188 g/mol. The highest BCUT2D eigenvalue weighted by atomic mass is 16.5. The van der Waals surface area contributed by atoms with E-state index >= 15 is 0 Å². The predicted molar refractivity (Wildman–Crippen MR) is 52.1 cm³/mol. The van der Waals surface area contributed by atoms with Gasteiger partial charge < -0.3 is 16.2 Å². The van der Waals surface area contributed by atoms with Gasteiger partial charge in [-0.25, -0.2) is 0 Å². The minimum atomic E-state index is -0.136. The second-order valence-corrected chi connectivity index (χ2v) is 3.17. The summed E-state index contributed by atoms with van der Waals surface area (Å²) in [6, 6.07) is 0.109. The van der Waals surface area contributed by atoms with Crippen molar-refractivity contribution in [3.05, 3.63) is 0 Å². The van der Waals surface area contributed by atoms with Crippen LogP contribution in [0.15, 0.2) is 0 Å². The monoisotopic (exact) mass is 188 g/mol. The fraction of sp³-hybridized carbons (Fsp3) is 0.889. The predicted octanol–water partition coefficient (Wildman–Crippen LogP) is 0.396. The van der Waals surface area contributed by atoms with Gasteiger partial charge in [0.2, 0.25) is 0 Å². The molecule has 0 spiro atoms. The van der Waals surface area contributed by atoms with E-state index in [1.165, 1.54) is 7.11 Å². The lowest BCUT2D eigenvalue weighted by molar-refractivity contribution is -0.140. The summed E-state index contributed by atoms with van der Waals surface area (Å²) in [5.41, 5.74) is 11.0. The minimum Gasteiger partial charge on any atom is -0.469 e. The van der Waals surface area contributed by atoms with Gasteiger partial charge in [-0.1, -0.05) is 12.8 Å². The second-order valence-electron chi connectivity index (χ2n) is 3.17. The Morgan fingerprint density at radius 1 is 1.38 bits per heavy atom. The van der Waals surface area contributed by atoms with Crippen molar-refractivity contribution in [2.75, 3.05) is 13.7 Å². The van der Waals surface area contributed by atoms with Crippen LogP contribution in [0, 0.1) is 0 Å². The number of carbonyl (C=O) groups is 1. The molecule has 0 heterocycles. The summed E-state index contributed by atoms with van der Waals surface area (Å²) in [6.07, 6.45) is 4.38. The summed E-state index contributed by atoms with van der Waals surface area (Å²) in [5.74, 6) is -0.136. The van der Waals surface area contributed by atoms with E-state index in [0.29, 0.717) is 13.0 Å². The molecule has 0 saturated heterocycles. The van der Waals surface area contributed by atoms with E-state index in [-0.39, 0.29) is 12.0 Å². The van der Waals surface area contributed by atoms with Gasteiger partial charge in [0.25, 0.3) is 0 Å². The van der Waals surface area contributed by atoms with Crippen molar-refractivity contribution in [1.29, 1.82) is 0 Å². The number of nitrogens with two attached hydrogens (primary N) is 2. The fourth-order valence-corrected chi connectivity index (χ4v) is 1.07. The molecule has 0 bridgehead atoms. The fourth-order valence-electron chi connectivity index (χ4n) is 1.07. The van der Waals surface area contributed by atoms with Crippen LogP contribution < -0.4 is 11.5 Å². The van der Waals surface area contributed by atoms with Gasteiger partial charge in [0.1, 0.15) is 0 Å². The van der Waals surface area contributed by atoms with Gasteiger partial charge in [0, 0.05) is 19.0 Å². The van der Waals surface area contributed by atoms with Gasteiger partial charge in [-0.15, -0.1) is 0 Å². The van der Waals surface area contributed by atoms with Gasteiger partial charge in [-0.3, -0.25) is 4.79 Å². The Balaban J connectivity index is 3.12. The van der Waals surface area contributed by atoms with Crippen molar-refractivity contribution in [3.63, 3.8) is 0 Å². The zero-order valence-corrected chi connectivity index (χ0v) is 8.29. The van der Waals surface area contributed by atoms with Crippen LogP contribution in [-0.4, -0.2) is 25.7 Å². The number of methoxy groups -OCH3 is 1. The highest BCUT2D eigenvalue weighted by Crippen LogP contribution is 2.04. The minimum absolute atomic E-state index is 0.109.